The van der Waals surface area contributed by atoms with Crippen LogP contribution in [0.4, 0.5) is 5.69 Å². The van der Waals surface area contributed by atoms with Crippen molar-refractivity contribution in [3.63, 3.8) is 0 Å². The van der Waals surface area contributed by atoms with E-state index in [2.05, 4.69) is 25.1 Å². The van der Waals surface area contributed by atoms with Gasteiger partial charge in [0.25, 0.3) is 0 Å². The number of methoxy groups -OCH3 is 1. The first-order valence-corrected chi connectivity index (χ1v) is 11.2. The number of aliphatic hydroxyl groups excluding tert-OH is 1. The first-order chi connectivity index (χ1) is 13.2. The lowest BCUT2D eigenvalue weighted by molar-refractivity contribution is -0.988. The zero-order chi connectivity index (χ0) is 19.3. The second-order valence-electron chi connectivity index (χ2n) is 8.18. The highest BCUT2D eigenvalue weighted by molar-refractivity contribution is 5.45. The van der Waals surface area contributed by atoms with Crippen LogP contribution in [0.1, 0.15) is 64.7 Å². The van der Waals surface area contributed by atoms with Gasteiger partial charge in [-0.3, -0.25) is 4.90 Å². The molecule has 4 nitrogen and oxygen atoms in total. The monoisotopic (exact) mass is 448 g/mol. The van der Waals surface area contributed by atoms with Crippen LogP contribution in [0.5, 0.6) is 5.75 Å². The maximum atomic E-state index is 10.4. The summed E-state index contributed by atoms with van der Waals surface area (Å²) in [5, 5.41) is 10.4. The van der Waals surface area contributed by atoms with Crippen molar-refractivity contribution in [3.8, 4) is 5.75 Å². The third-order valence-corrected chi connectivity index (χ3v) is 5.96. The Balaban J connectivity index is 0.00000392. The fraction of sp³-hybridized carbons (Fsp3) is 0.739. The Kier molecular flexibility index (Phi) is 16.9. The minimum absolute atomic E-state index is 0. The summed E-state index contributed by atoms with van der Waals surface area (Å²) >= 11 is 0. The zero-order valence-electron chi connectivity index (χ0n) is 18.4. The van der Waals surface area contributed by atoms with Crippen LogP contribution < -0.4 is 39.4 Å². The van der Waals surface area contributed by atoms with Crippen molar-refractivity contribution in [2.45, 2.75) is 70.8 Å². The Morgan fingerprint density at radius 2 is 1.48 bits per heavy atom. The van der Waals surface area contributed by atoms with E-state index in [4.69, 9.17) is 4.74 Å². The molecule has 170 valence electrons. The smallest absolute Gasteiger partial charge is 0.179 e. The summed E-state index contributed by atoms with van der Waals surface area (Å²) in [5.41, 5.74) is 1.28. The molecule has 1 heterocycles. The summed E-state index contributed by atoms with van der Waals surface area (Å²) in [6.07, 6.45) is 11.5. The van der Waals surface area contributed by atoms with Gasteiger partial charge in [0, 0.05) is 6.07 Å². The number of halogens is 2. The molecule has 1 aromatic rings. The number of unbranched alkanes of at least 4 members (excludes halogenated alkanes) is 7. The predicted molar refractivity (Wildman–Crippen MR) is 112 cm³/mol. The molecule has 2 rings (SSSR count). The van der Waals surface area contributed by atoms with Crippen molar-refractivity contribution in [3.05, 3.63) is 24.3 Å². The van der Waals surface area contributed by atoms with E-state index >= 15 is 0 Å². The summed E-state index contributed by atoms with van der Waals surface area (Å²) in [5.74, 6) is 0.991. The van der Waals surface area contributed by atoms with E-state index in [0.717, 1.165) is 44.9 Å². The number of nitrogens with one attached hydrogen (secondary N) is 2. The van der Waals surface area contributed by atoms with Crippen LogP contribution in [0.15, 0.2) is 24.3 Å². The van der Waals surface area contributed by atoms with Crippen molar-refractivity contribution in [1.82, 2.24) is 0 Å². The van der Waals surface area contributed by atoms with E-state index in [1.54, 1.807) is 12.0 Å². The summed E-state index contributed by atoms with van der Waals surface area (Å²) in [7, 11) is 1.75. The quantitative estimate of drug-likeness (QED) is 0.269. The van der Waals surface area contributed by atoms with Gasteiger partial charge in [0.2, 0.25) is 0 Å². The molecule has 0 amide bonds. The molecule has 0 saturated carbocycles. The summed E-state index contributed by atoms with van der Waals surface area (Å²) < 4.78 is 5.51. The number of quaternary nitrogens is 2. The summed E-state index contributed by atoms with van der Waals surface area (Å²) in [6.45, 7) is 7.66. The van der Waals surface area contributed by atoms with Gasteiger partial charge in [-0.25, -0.2) is 0 Å². The Morgan fingerprint density at radius 3 is 2.10 bits per heavy atom. The molecule has 0 spiro atoms. The molecule has 1 aromatic carbocycles. The van der Waals surface area contributed by atoms with E-state index < -0.39 is 0 Å². The highest BCUT2D eigenvalue weighted by atomic mass is 35.5. The molecule has 29 heavy (non-hydrogen) atoms. The fourth-order valence-corrected chi connectivity index (χ4v) is 4.26. The van der Waals surface area contributed by atoms with Gasteiger partial charge in [0.05, 0.1) is 7.11 Å². The van der Waals surface area contributed by atoms with Gasteiger partial charge in [-0.15, -0.1) is 0 Å². The predicted octanol–water partition coefficient (Wildman–Crippen LogP) is -3.99. The number of para-hydroxylation sites is 2. The maximum absolute atomic E-state index is 10.4. The van der Waals surface area contributed by atoms with Gasteiger partial charge in [0.1, 0.15) is 38.8 Å². The molecule has 1 unspecified atom stereocenters. The molecular formula is C23H42Cl2N2O2. The number of hydrogen-bond acceptors (Lipinski definition) is 2. The summed E-state index contributed by atoms with van der Waals surface area (Å²) in [6, 6.07) is 8.36. The number of benzene rings is 1. The normalized spacial score (nSPS) is 19.7. The highest BCUT2D eigenvalue weighted by Crippen LogP contribution is 2.18. The van der Waals surface area contributed by atoms with E-state index in [0.29, 0.717) is 0 Å². The van der Waals surface area contributed by atoms with Crippen LogP contribution >= 0.6 is 0 Å². The van der Waals surface area contributed by atoms with Crippen LogP contribution in [0.3, 0.4) is 0 Å². The second kappa shape index (κ2) is 17.2. The SMILES string of the molecule is CCCCCCCCCCC(O)C[NH+]1CC[NH+](c2ccccc2OC)CC1.[Cl-].[Cl-]. The largest absolute Gasteiger partial charge is 1.00 e. The molecule has 1 fully saturated rings. The Bertz CT molecular complexity index is 511. The fourth-order valence-electron chi connectivity index (χ4n) is 4.26. The number of ether oxygens (including phenoxy) is 1. The lowest BCUT2D eigenvalue weighted by Crippen LogP contribution is -3.26. The minimum atomic E-state index is -0.132. The third kappa shape index (κ3) is 10.9. The molecule has 3 N–H and O–H groups in total. The molecule has 6 heteroatoms. The standard InChI is InChI=1S/C23H40N2O2.2ClH/c1-3-4-5-6-7-8-9-10-13-21(26)20-24-16-18-25(19-17-24)22-14-11-12-15-23(22)27-2;;/h11-12,14-15,21,26H,3-10,13,16-20H2,1-2H3;2*1H. The minimum Gasteiger partial charge on any atom is -1.00 e. The molecule has 0 bridgehead atoms. The summed E-state index contributed by atoms with van der Waals surface area (Å²) in [4.78, 5) is 3.06. The Hall–Kier alpha value is -0.520. The van der Waals surface area contributed by atoms with Gasteiger partial charge < -0.3 is 39.6 Å². The van der Waals surface area contributed by atoms with E-state index in [-0.39, 0.29) is 30.9 Å². The maximum Gasteiger partial charge on any atom is 0.179 e. The number of rotatable bonds is 13. The average Bonchev–Trinajstić information content (AvgIpc) is 2.70. The molecule has 0 radical (unpaired) electrons. The zero-order valence-corrected chi connectivity index (χ0v) is 19.9. The number of hydrogen-bond donors (Lipinski definition) is 3. The van der Waals surface area contributed by atoms with Gasteiger partial charge in [-0.2, -0.15) is 0 Å². The molecule has 1 aliphatic rings. The second-order valence-corrected chi connectivity index (χ2v) is 8.18. The van der Waals surface area contributed by atoms with Crippen molar-refractivity contribution in [2.75, 3.05) is 39.8 Å². The van der Waals surface area contributed by atoms with Gasteiger partial charge in [-0.1, -0.05) is 70.4 Å². The van der Waals surface area contributed by atoms with E-state index in [9.17, 15) is 5.11 Å². The van der Waals surface area contributed by atoms with Crippen molar-refractivity contribution in [1.29, 1.82) is 0 Å². The topological polar surface area (TPSA) is 38.3 Å². The molecule has 1 aliphatic heterocycles. The number of piperazine rings is 1. The third-order valence-electron chi connectivity index (χ3n) is 5.96. The lowest BCUT2D eigenvalue weighted by atomic mass is 10.1. The van der Waals surface area contributed by atoms with Gasteiger partial charge >= 0.3 is 0 Å². The van der Waals surface area contributed by atoms with Crippen molar-refractivity contribution < 1.29 is 44.5 Å². The van der Waals surface area contributed by atoms with Crippen LogP contribution in [0, 0.1) is 0 Å². The van der Waals surface area contributed by atoms with Gasteiger partial charge in [-0.05, 0) is 12.5 Å². The molecule has 0 aliphatic carbocycles. The number of aliphatic hydroxyl groups is 1. The Labute approximate surface area is 190 Å². The van der Waals surface area contributed by atoms with Crippen LogP contribution in [0.25, 0.3) is 0 Å². The van der Waals surface area contributed by atoms with Crippen molar-refractivity contribution in [2.24, 2.45) is 0 Å². The highest BCUT2D eigenvalue weighted by Gasteiger charge is 2.27. The average molecular weight is 450 g/mol. The van der Waals surface area contributed by atoms with E-state index in [1.807, 2.05) is 6.07 Å². The van der Waals surface area contributed by atoms with Crippen LogP contribution in [-0.2, 0) is 0 Å². The van der Waals surface area contributed by atoms with Gasteiger partial charge in [0.15, 0.2) is 11.4 Å². The van der Waals surface area contributed by atoms with Crippen LogP contribution in [0.2, 0.25) is 0 Å². The Morgan fingerprint density at radius 1 is 0.897 bits per heavy atom. The van der Waals surface area contributed by atoms with Crippen LogP contribution in [-0.4, -0.2) is 51.0 Å². The lowest BCUT2D eigenvalue weighted by Gasteiger charge is -2.31. The van der Waals surface area contributed by atoms with Crippen molar-refractivity contribution >= 4 is 5.69 Å². The molecule has 0 aromatic heterocycles. The first-order valence-electron chi connectivity index (χ1n) is 11.2. The van der Waals surface area contributed by atoms with E-state index in [1.165, 1.54) is 62.0 Å². The molecule has 1 atom stereocenters. The first kappa shape index (κ1) is 28.5. The molecule has 1 saturated heterocycles. The molecular weight excluding hydrogens is 407 g/mol.